The fourth-order valence-corrected chi connectivity index (χ4v) is 2.27. The summed E-state index contributed by atoms with van der Waals surface area (Å²) in [5.41, 5.74) is -0.268. The Morgan fingerprint density at radius 1 is 1.43 bits per heavy atom. The minimum absolute atomic E-state index is 0.0992. The van der Waals surface area contributed by atoms with Gasteiger partial charge in [-0.25, -0.2) is 0 Å². The molecule has 10 heteroatoms. The van der Waals surface area contributed by atoms with E-state index < -0.39 is 16.9 Å². The van der Waals surface area contributed by atoms with E-state index in [1.807, 2.05) is 0 Å². The SMILES string of the molecule is Cc1c(Cl)c(C(F)(F)F)nn1CC(=O)N(C)Cc1cnn(C)c1. The van der Waals surface area contributed by atoms with Gasteiger partial charge in [0, 0.05) is 32.4 Å². The molecule has 0 unspecified atom stereocenters. The van der Waals surface area contributed by atoms with Crippen LogP contribution in [-0.4, -0.2) is 37.4 Å². The number of hydrogen-bond acceptors (Lipinski definition) is 3. The van der Waals surface area contributed by atoms with Crippen molar-refractivity contribution in [2.24, 2.45) is 7.05 Å². The molecule has 2 heterocycles. The van der Waals surface area contributed by atoms with Crippen molar-refractivity contribution in [2.45, 2.75) is 26.2 Å². The number of carbonyl (C=O) groups excluding carboxylic acids is 1. The smallest absolute Gasteiger partial charge is 0.340 e. The van der Waals surface area contributed by atoms with Crippen LogP contribution in [-0.2, 0) is 31.1 Å². The molecule has 2 aromatic rings. The standard InChI is InChI=1S/C13H15ClF3N5O/c1-8-11(14)12(13(15,16)17)19-22(8)7-10(23)20(2)5-9-4-18-21(3)6-9/h4,6H,5,7H2,1-3H3. The first-order valence-electron chi connectivity index (χ1n) is 6.61. The molecule has 0 bridgehead atoms. The molecule has 0 aliphatic heterocycles. The number of aryl methyl sites for hydroxylation is 1. The normalized spacial score (nSPS) is 11.8. The molecule has 2 rings (SSSR count). The number of amides is 1. The van der Waals surface area contributed by atoms with E-state index in [1.54, 1.807) is 31.2 Å². The molecular weight excluding hydrogens is 335 g/mol. The average Bonchev–Trinajstić information content (AvgIpc) is 2.96. The van der Waals surface area contributed by atoms with E-state index in [9.17, 15) is 18.0 Å². The van der Waals surface area contributed by atoms with Crippen LogP contribution in [0.2, 0.25) is 5.02 Å². The van der Waals surface area contributed by atoms with E-state index >= 15 is 0 Å². The highest BCUT2D eigenvalue weighted by Gasteiger charge is 2.38. The quantitative estimate of drug-likeness (QED) is 0.850. The first-order valence-corrected chi connectivity index (χ1v) is 6.99. The second-order valence-corrected chi connectivity index (χ2v) is 5.55. The third-order valence-corrected chi connectivity index (χ3v) is 3.74. The lowest BCUT2D eigenvalue weighted by Crippen LogP contribution is -2.30. The van der Waals surface area contributed by atoms with E-state index in [-0.39, 0.29) is 18.1 Å². The molecule has 0 N–H and O–H groups in total. The zero-order valence-electron chi connectivity index (χ0n) is 12.7. The van der Waals surface area contributed by atoms with Gasteiger partial charge < -0.3 is 4.90 Å². The fraction of sp³-hybridized carbons (Fsp3) is 0.462. The Hall–Kier alpha value is -2.03. The predicted molar refractivity (Wildman–Crippen MR) is 76.7 cm³/mol. The third kappa shape index (κ3) is 3.84. The molecule has 126 valence electrons. The molecule has 0 aromatic carbocycles. The van der Waals surface area contributed by atoms with Crippen molar-refractivity contribution < 1.29 is 18.0 Å². The highest BCUT2D eigenvalue weighted by Crippen LogP contribution is 2.35. The van der Waals surface area contributed by atoms with Crippen molar-refractivity contribution in [3.63, 3.8) is 0 Å². The Labute approximate surface area is 135 Å². The zero-order chi connectivity index (χ0) is 17.4. The van der Waals surface area contributed by atoms with Gasteiger partial charge in [0.15, 0.2) is 5.69 Å². The number of nitrogens with zero attached hydrogens (tertiary/aromatic N) is 5. The fourth-order valence-electron chi connectivity index (χ4n) is 2.02. The summed E-state index contributed by atoms with van der Waals surface area (Å²) in [5, 5.41) is 6.91. The maximum Gasteiger partial charge on any atom is 0.436 e. The molecule has 0 spiro atoms. The molecule has 0 atom stereocenters. The van der Waals surface area contributed by atoms with Gasteiger partial charge in [-0.1, -0.05) is 11.6 Å². The van der Waals surface area contributed by atoms with Crippen LogP contribution >= 0.6 is 11.6 Å². The van der Waals surface area contributed by atoms with E-state index in [2.05, 4.69) is 10.2 Å². The van der Waals surface area contributed by atoms with Crippen LogP contribution < -0.4 is 0 Å². The van der Waals surface area contributed by atoms with Gasteiger partial charge in [-0.2, -0.15) is 23.4 Å². The van der Waals surface area contributed by atoms with Crippen LogP contribution in [0.1, 0.15) is 17.0 Å². The summed E-state index contributed by atoms with van der Waals surface area (Å²) in [6.07, 6.45) is -1.29. The van der Waals surface area contributed by atoms with Crippen LogP contribution in [0.3, 0.4) is 0 Å². The molecule has 0 radical (unpaired) electrons. The van der Waals surface area contributed by atoms with Gasteiger partial charge in [0.05, 0.1) is 16.9 Å². The molecular formula is C13H15ClF3N5O. The summed E-state index contributed by atoms with van der Waals surface area (Å²) in [6, 6.07) is 0. The molecule has 2 aromatic heterocycles. The largest absolute Gasteiger partial charge is 0.436 e. The lowest BCUT2D eigenvalue weighted by atomic mass is 10.3. The number of rotatable bonds is 4. The second kappa shape index (κ2) is 6.23. The highest BCUT2D eigenvalue weighted by atomic mass is 35.5. The van der Waals surface area contributed by atoms with Crippen molar-refractivity contribution in [3.8, 4) is 0 Å². The molecule has 23 heavy (non-hydrogen) atoms. The maximum atomic E-state index is 12.8. The summed E-state index contributed by atoms with van der Waals surface area (Å²) >= 11 is 5.65. The van der Waals surface area contributed by atoms with E-state index in [0.717, 1.165) is 10.2 Å². The van der Waals surface area contributed by atoms with Crippen LogP contribution in [0.4, 0.5) is 13.2 Å². The number of carbonyl (C=O) groups is 1. The molecule has 6 nitrogen and oxygen atoms in total. The van der Waals surface area contributed by atoms with Gasteiger partial charge in [0.25, 0.3) is 0 Å². The topological polar surface area (TPSA) is 56.0 Å². The van der Waals surface area contributed by atoms with Crippen molar-refractivity contribution in [3.05, 3.63) is 34.4 Å². The summed E-state index contributed by atoms with van der Waals surface area (Å²) in [7, 11) is 3.31. The van der Waals surface area contributed by atoms with Gasteiger partial charge in [0.1, 0.15) is 6.54 Å². The minimum atomic E-state index is -4.66. The lowest BCUT2D eigenvalue weighted by Gasteiger charge is -2.16. The first-order chi connectivity index (χ1) is 10.6. The summed E-state index contributed by atoms with van der Waals surface area (Å²) in [5.74, 6) is -0.384. The Morgan fingerprint density at radius 3 is 2.57 bits per heavy atom. The number of alkyl halides is 3. The monoisotopic (exact) mass is 349 g/mol. The maximum absolute atomic E-state index is 12.8. The Balaban J connectivity index is 2.11. The van der Waals surface area contributed by atoms with E-state index in [4.69, 9.17) is 11.6 Å². The molecule has 0 aliphatic rings. The predicted octanol–water partition coefficient (Wildman–Crippen LogP) is 2.26. The zero-order valence-corrected chi connectivity index (χ0v) is 13.5. The first kappa shape index (κ1) is 17.3. The Bertz CT molecular complexity index is 722. The molecule has 0 saturated heterocycles. The van der Waals surface area contributed by atoms with Crippen LogP contribution in [0.5, 0.6) is 0 Å². The van der Waals surface area contributed by atoms with Crippen LogP contribution in [0.25, 0.3) is 0 Å². The molecule has 1 amide bonds. The lowest BCUT2D eigenvalue weighted by molar-refractivity contribution is -0.142. The third-order valence-electron chi connectivity index (χ3n) is 3.29. The second-order valence-electron chi connectivity index (χ2n) is 5.18. The van der Waals surface area contributed by atoms with Crippen molar-refractivity contribution in [2.75, 3.05) is 7.05 Å². The average molecular weight is 350 g/mol. The van der Waals surface area contributed by atoms with Gasteiger partial charge in [-0.05, 0) is 6.92 Å². The molecule has 0 saturated carbocycles. The van der Waals surface area contributed by atoms with Crippen LogP contribution in [0.15, 0.2) is 12.4 Å². The van der Waals surface area contributed by atoms with Gasteiger partial charge in [-0.3, -0.25) is 14.2 Å². The van der Waals surface area contributed by atoms with E-state index in [1.165, 1.54) is 11.8 Å². The Morgan fingerprint density at radius 2 is 2.09 bits per heavy atom. The number of hydrogen-bond donors (Lipinski definition) is 0. The summed E-state index contributed by atoms with van der Waals surface area (Å²) in [4.78, 5) is 13.5. The van der Waals surface area contributed by atoms with Crippen molar-refractivity contribution in [1.82, 2.24) is 24.5 Å². The Kier molecular flexibility index (Phi) is 4.69. The minimum Gasteiger partial charge on any atom is -0.340 e. The molecule has 0 fully saturated rings. The number of halogens is 4. The summed E-state index contributed by atoms with van der Waals surface area (Å²) < 4.78 is 40.9. The molecule has 0 aliphatic carbocycles. The van der Waals surface area contributed by atoms with Crippen molar-refractivity contribution in [1.29, 1.82) is 0 Å². The summed E-state index contributed by atoms with van der Waals surface area (Å²) in [6.45, 7) is 1.37. The van der Waals surface area contributed by atoms with E-state index in [0.29, 0.717) is 6.54 Å². The number of aromatic nitrogens is 4. The van der Waals surface area contributed by atoms with Crippen LogP contribution in [0, 0.1) is 6.92 Å². The van der Waals surface area contributed by atoms with Gasteiger partial charge in [0.2, 0.25) is 5.91 Å². The van der Waals surface area contributed by atoms with Gasteiger partial charge >= 0.3 is 6.18 Å². The van der Waals surface area contributed by atoms with Crippen molar-refractivity contribution >= 4 is 17.5 Å². The van der Waals surface area contributed by atoms with Gasteiger partial charge in [-0.15, -0.1) is 0 Å². The highest BCUT2D eigenvalue weighted by molar-refractivity contribution is 6.32. The number of likely N-dealkylation sites (N-methyl/N-ethyl adjacent to an activating group) is 1.